The van der Waals surface area contributed by atoms with Crippen LogP contribution in [0.5, 0.6) is 5.75 Å². The molecular formula is C19H21N3O2S2. The van der Waals surface area contributed by atoms with Crippen LogP contribution in [0.15, 0.2) is 46.8 Å². The monoisotopic (exact) mass is 387 g/mol. The van der Waals surface area contributed by atoms with Crippen LogP contribution >= 0.6 is 23.1 Å². The second kappa shape index (κ2) is 8.51. The number of carbonyl (C=O) groups is 1. The molecule has 1 heterocycles. The Morgan fingerprint density at radius 2 is 1.96 bits per heavy atom. The Bertz CT molecular complexity index is 890. The first-order valence-corrected chi connectivity index (χ1v) is 10.2. The summed E-state index contributed by atoms with van der Waals surface area (Å²) in [5.41, 5.74) is 0. The summed E-state index contributed by atoms with van der Waals surface area (Å²) in [5, 5.41) is 14.0. The Labute approximate surface area is 161 Å². The smallest absolute Gasteiger partial charge is 0.267 e. The second-order valence-electron chi connectivity index (χ2n) is 6.02. The highest BCUT2D eigenvalue weighted by Gasteiger charge is 2.21. The Morgan fingerprint density at radius 3 is 2.73 bits per heavy atom. The fourth-order valence-corrected chi connectivity index (χ4v) is 4.45. The SMILES string of the molecule is CC[C@H](Oc1cccc2ccccc12)C(=O)Nc1nnc(SC(C)C)s1. The van der Waals surface area contributed by atoms with E-state index in [-0.39, 0.29) is 5.91 Å². The number of hydrogen-bond acceptors (Lipinski definition) is 6. The number of benzene rings is 2. The lowest BCUT2D eigenvalue weighted by Gasteiger charge is -2.17. The van der Waals surface area contributed by atoms with Crippen LogP contribution in [0.4, 0.5) is 5.13 Å². The molecule has 2 aromatic carbocycles. The van der Waals surface area contributed by atoms with Crippen LogP contribution in [-0.2, 0) is 4.79 Å². The van der Waals surface area contributed by atoms with Crippen LogP contribution in [-0.4, -0.2) is 27.5 Å². The van der Waals surface area contributed by atoms with Crippen LogP contribution in [0.3, 0.4) is 0 Å². The molecule has 3 aromatic rings. The summed E-state index contributed by atoms with van der Waals surface area (Å²) >= 11 is 3.01. The average Bonchev–Trinajstić information content (AvgIpc) is 3.05. The molecule has 1 aromatic heterocycles. The molecule has 3 rings (SSSR count). The van der Waals surface area contributed by atoms with E-state index in [0.29, 0.717) is 22.6 Å². The first kappa shape index (κ1) is 18.7. The maximum atomic E-state index is 12.6. The summed E-state index contributed by atoms with van der Waals surface area (Å²) in [6.07, 6.45) is -0.0347. The largest absolute Gasteiger partial charge is 0.480 e. The lowest BCUT2D eigenvalue weighted by atomic mass is 10.1. The van der Waals surface area contributed by atoms with Gasteiger partial charge in [0.1, 0.15) is 5.75 Å². The molecule has 0 aliphatic carbocycles. The van der Waals surface area contributed by atoms with Gasteiger partial charge in [-0.2, -0.15) is 0 Å². The van der Waals surface area contributed by atoms with Gasteiger partial charge in [0.2, 0.25) is 5.13 Å². The van der Waals surface area contributed by atoms with Gasteiger partial charge in [0, 0.05) is 10.6 Å². The topological polar surface area (TPSA) is 64.1 Å². The molecule has 1 atom stereocenters. The minimum atomic E-state index is -0.592. The molecule has 0 saturated heterocycles. The summed E-state index contributed by atoms with van der Waals surface area (Å²) < 4.78 is 6.87. The molecular weight excluding hydrogens is 366 g/mol. The Kier molecular flexibility index (Phi) is 6.11. The van der Waals surface area contributed by atoms with Gasteiger partial charge in [-0.05, 0) is 17.9 Å². The summed E-state index contributed by atoms with van der Waals surface area (Å²) in [6, 6.07) is 13.8. The van der Waals surface area contributed by atoms with Gasteiger partial charge in [-0.1, -0.05) is 80.3 Å². The number of hydrogen-bond donors (Lipinski definition) is 1. The molecule has 0 fully saturated rings. The molecule has 26 heavy (non-hydrogen) atoms. The minimum Gasteiger partial charge on any atom is -0.480 e. The quantitative estimate of drug-likeness (QED) is 0.457. The number of thioether (sulfide) groups is 1. The number of ether oxygens (including phenoxy) is 1. The van der Waals surface area contributed by atoms with Crippen molar-refractivity contribution in [2.45, 2.75) is 42.9 Å². The molecule has 136 valence electrons. The van der Waals surface area contributed by atoms with E-state index >= 15 is 0 Å². The number of nitrogens with one attached hydrogen (secondary N) is 1. The summed E-state index contributed by atoms with van der Waals surface area (Å²) in [4.78, 5) is 12.6. The maximum absolute atomic E-state index is 12.6. The first-order valence-electron chi connectivity index (χ1n) is 8.52. The van der Waals surface area contributed by atoms with E-state index in [2.05, 4.69) is 29.4 Å². The van der Waals surface area contributed by atoms with Gasteiger partial charge in [0.25, 0.3) is 5.91 Å². The van der Waals surface area contributed by atoms with Crippen LogP contribution in [0.2, 0.25) is 0 Å². The van der Waals surface area contributed by atoms with Crippen LogP contribution in [0.1, 0.15) is 27.2 Å². The number of amides is 1. The lowest BCUT2D eigenvalue weighted by molar-refractivity contribution is -0.122. The van der Waals surface area contributed by atoms with Gasteiger partial charge >= 0.3 is 0 Å². The van der Waals surface area contributed by atoms with Crippen LogP contribution in [0.25, 0.3) is 10.8 Å². The van der Waals surface area contributed by atoms with Crippen molar-refractivity contribution in [1.29, 1.82) is 0 Å². The maximum Gasteiger partial charge on any atom is 0.267 e. The van der Waals surface area contributed by atoms with Gasteiger partial charge in [0.05, 0.1) is 0 Å². The summed E-state index contributed by atoms with van der Waals surface area (Å²) in [7, 11) is 0. The zero-order chi connectivity index (χ0) is 18.5. The molecule has 5 nitrogen and oxygen atoms in total. The van der Waals surface area contributed by atoms with Crippen molar-refractivity contribution in [3.05, 3.63) is 42.5 Å². The first-order chi connectivity index (χ1) is 12.6. The molecule has 1 amide bonds. The van der Waals surface area contributed by atoms with E-state index in [0.717, 1.165) is 15.1 Å². The van der Waals surface area contributed by atoms with Gasteiger partial charge in [-0.15, -0.1) is 10.2 Å². The van der Waals surface area contributed by atoms with Gasteiger partial charge < -0.3 is 4.74 Å². The van der Waals surface area contributed by atoms with E-state index < -0.39 is 6.10 Å². The molecule has 0 aliphatic heterocycles. The lowest BCUT2D eigenvalue weighted by Crippen LogP contribution is -2.32. The minimum absolute atomic E-state index is 0.210. The zero-order valence-corrected chi connectivity index (χ0v) is 16.6. The molecule has 0 saturated carbocycles. The number of aromatic nitrogens is 2. The highest BCUT2D eigenvalue weighted by atomic mass is 32.2. The second-order valence-corrected chi connectivity index (χ2v) is 8.82. The van der Waals surface area contributed by atoms with Crippen molar-refractivity contribution >= 4 is 44.9 Å². The molecule has 0 unspecified atom stereocenters. The highest BCUT2D eigenvalue weighted by molar-refractivity contribution is 8.01. The third-order valence-corrected chi connectivity index (χ3v) is 5.58. The van der Waals surface area contributed by atoms with E-state index in [1.54, 1.807) is 11.8 Å². The average molecular weight is 388 g/mol. The van der Waals surface area contributed by atoms with Crippen molar-refractivity contribution in [3.63, 3.8) is 0 Å². The fraction of sp³-hybridized carbons (Fsp3) is 0.316. The van der Waals surface area contributed by atoms with E-state index in [1.165, 1.54) is 11.3 Å². The summed E-state index contributed by atoms with van der Waals surface area (Å²) in [6.45, 7) is 6.11. The molecule has 7 heteroatoms. The Morgan fingerprint density at radius 1 is 1.19 bits per heavy atom. The third kappa shape index (κ3) is 4.53. The molecule has 0 radical (unpaired) electrons. The van der Waals surface area contributed by atoms with Crippen molar-refractivity contribution in [1.82, 2.24) is 10.2 Å². The van der Waals surface area contributed by atoms with Gasteiger partial charge in [0.15, 0.2) is 10.4 Å². The Hall–Kier alpha value is -2.12. The normalized spacial score (nSPS) is 12.3. The van der Waals surface area contributed by atoms with Crippen molar-refractivity contribution in [3.8, 4) is 5.75 Å². The number of carbonyl (C=O) groups excluding carboxylic acids is 1. The van der Waals surface area contributed by atoms with Gasteiger partial charge in [-0.25, -0.2) is 0 Å². The van der Waals surface area contributed by atoms with Crippen LogP contribution < -0.4 is 10.1 Å². The van der Waals surface area contributed by atoms with E-state index in [9.17, 15) is 4.79 Å². The van der Waals surface area contributed by atoms with Crippen LogP contribution in [0, 0.1) is 0 Å². The van der Waals surface area contributed by atoms with E-state index in [1.807, 2.05) is 49.4 Å². The number of anilines is 1. The standard InChI is InChI=1S/C19H21N3O2S2/c1-4-15(17(23)20-18-21-22-19(26-18)25-12(2)3)24-16-11-7-9-13-8-5-6-10-14(13)16/h5-12,15H,4H2,1-3H3,(H,20,21,23)/t15-/m0/s1. The number of nitrogens with zero attached hydrogens (tertiary/aromatic N) is 2. The van der Waals surface area contributed by atoms with Crippen molar-refractivity contribution in [2.24, 2.45) is 0 Å². The van der Waals surface area contributed by atoms with Crippen molar-refractivity contribution < 1.29 is 9.53 Å². The number of rotatable bonds is 7. The predicted molar refractivity (Wildman–Crippen MR) is 108 cm³/mol. The summed E-state index contributed by atoms with van der Waals surface area (Å²) in [5.74, 6) is 0.496. The van der Waals surface area contributed by atoms with E-state index in [4.69, 9.17) is 4.74 Å². The zero-order valence-electron chi connectivity index (χ0n) is 14.9. The fourth-order valence-electron chi connectivity index (χ4n) is 2.47. The Balaban J connectivity index is 1.71. The third-order valence-electron chi connectivity index (χ3n) is 3.66. The van der Waals surface area contributed by atoms with Crippen molar-refractivity contribution in [2.75, 3.05) is 5.32 Å². The molecule has 1 N–H and O–H groups in total. The highest BCUT2D eigenvalue weighted by Crippen LogP contribution is 2.29. The molecule has 0 aliphatic rings. The van der Waals surface area contributed by atoms with Gasteiger partial charge in [-0.3, -0.25) is 10.1 Å². The number of fused-ring (bicyclic) bond motifs is 1. The molecule has 0 bridgehead atoms. The predicted octanol–water partition coefficient (Wildman–Crippen LogP) is 4.99. The molecule has 0 spiro atoms.